The summed E-state index contributed by atoms with van der Waals surface area (Å²) in [7, 11) is 1.71. The first-order chi connectivity index (χ1) is 14.7. The standard InChI is InChI=1S/C23H19N5O2/c1-28-22(21(16-26-28)25-15-17-11-13-24-14-12-17)23(29)27-18-7-9-20(10-8-18)30-19-5-3-2-4-6-19/h2-16H,1H3,(H,27,29). The van der Waals surface area contributed by atoms with E-state index in [0.717, 1.165) is 11.3 Å². The molecule has 4 rings (SSSR count). The third-order valence-corrected chi connectivity index (χ3v) is 4.28. The number of carbonyl (C=O) groups is 1. The second-order valence-electron chi connectivity index (χ2n) is 6.43. The maximum absolute atomic E-state index is 12.8. The number of carbonyl (C=O) groups excluding carboxylic acids is 1. The molecule has 4 aromatic rings. The van der Waals surface area contributed by atoms with Gasteiger partial charge in [0.05, 0.1) is 6.20 Å². The van der Waals surface area contributed by atoms with Crippen LogP contribution < -0.4 is 10.1 Å². The summed E-state index contributed by atoms with van der Waals surface area (Å²) in [6.45, 7) is 0. The number of nitrogens with one attached hydrogen (secondary N) is 1. The van der Waals surface area contributed by atoms with Gasteiger partial charge >= 0.3 is 0 Å². The molecule has 0 unspecified atom stereocenters. The Labute approximate surface area is 173 Å². The fourth-order valence-electron chi connectivity index (χ4n) is 2.80. The monoisotopic (exact) mass is 397 g/mol. The quantitative estimate of drug-likeness (QED) is 0.482. The SMILES string of the molecule is Cn1ncc(N=Cc2ccncc2)c1C(=O)Nc1ccc(Oc2ccccc2)cc1. The Morgan fingerprint density at radius 2 is 1.70 bits per heavy atom. The highest BCUT2D eigenvalue weighted by Gasteiger charge is 2.16. The molecule has 7 nitrogen and oxygen atoms in total. The van der Waals surface area contributed by atoms with Gasteiger partial charge in [-0.1, -0.05) is 18.2 Å². The van der Waals surface area contributed by atoms with Crippen molar-refractivity contribution < 1.29 is 9.53 Å². The molecule has 0 fully saturated rings. The van der Waals surface area contributed by atoms with Crippen molar-refractivity contribution in [3.05, 3.63) is 96.6 Å². The number of aryl methyl sites for hydroxylation is 1. The van der Waals surface area contributed by atoms with Crippen molar-refractivity contribution in [2.24, 2.45) is 12.0 Å². The van der Waals surface area contributed by atoms with E-state index in [1.165, 1.54) is 4.68 Å². The van der Waals surface area contributed by atoms with Gasteiger partial charge in [-0.2, -0.15) is 5.10 Å². The van der Waals surface area contributed by atoms with Crippen LogP contribution in [0.4, 0.5) is 11.4 Å². The summed E-state index contributed by atoms with van der Waals surface area (Å²) in [5.74, 6) is 1.14. The normalized spacial score (nSPS) is 10.8. The first kappa shape index (κ1) is 19.1. The number of aliphatic imine (C=N–C) groups is 1. The Bertz CT molecular complexity index is 1150. The van der Waals surface area contributed by atoms with Gasteiger partial charge in [-0.3, -0.25) is 19.5 Å². The molecule has 0 aliphatic heterocycles. The average molecular weight is 397 g/mol. The zero-order chi connectivity index (χ0) is 20.8. The van der Waals surface area contributed by atoms with Crippen molar-refractivity contribution in [3.63, 3.8) is 0 Å². The van der Waals surface area contributed by atoms with Crippen molar-refractivity contribution in [2.45, 2.75) is 0 Å². The third kappa shape index (κ3) is 4.59. The summed E-state index contributed by atoms with van der Waals surface area (Å²) in [4.78, 5) is 21.2. The first-order valence-electron chi connectivity index (χ1n) is 9.29. The van der Waals surface area contributed by atoms with E-state index in [2.05, 4.69) is 20.4 Å². The molecule has 7 heteroatoms. The topological polar surface area (TPSA) is 81.4 Å². The van der Waals surface area contributed by atoms with Crippen LogP contribution in [0.1, 0.15) is 16.1 Å². The first-order valence-corrected chi connectivity index (χ1v) is 9.29. The fourth-order valence-corrected chi connectivity index (χ4v) is 2.80. The van der Waals surface area contributed by atoms with Gasteiger partial charge in [-0.15, -0.1) is 0 Å². The molecule has 1 amide bonds. The van der Waals surface area contributed by atoms with E-state index < -0.39 is 0 Å². The van der Waals surface area contributed by atoms with Gasteiger partial charge in [0, 0.05) is 31.3 Å². The number of hydrogen-bond acceptors (Lipinski definition) is 5. The average Bonchev–Trinajstić information content (AvgIpc) is 3.15. The second kappa shape index (κ2) is 8.83. The second-order valence-corrected chi connectivity index (χ2v) is 6.43. The third-order valence-electron chi connectivity index (χ3n) is 4.28. The lowest BCUT2D eigenvalue weighted by Crippen LogP contribution is -2.16. The zero-order valence-electron chi connectivity index (χ0n) is 16.3. The number of aromatic nitrogens is 3. The van der Waals surface area contributed by atoms with Crippen LogP contribution in [0.3, 0.4) is 0 Å². The van der Waals surface area contributed by atoms with E-state index in [4.69, 9.17) is 4.74 Å². The van der Waals surface area contributed by atoms with Crippen LogP contribution in [-0.2, 0) is 7.05 Å². The molecule has 0 atom stereocenters. The summed E-state index contributed by atoms with van der Waals surface area (Å²) in [5, 5.41) is 7.04. The molecule has 0 saturated carbocycles. The van der Waals surface area contributed by atoms with Crippen LogP contribution in [0.5, 0.6) is 11.5 Å². The predicted octanol–water partition coefficient (Wildman–Crippen LogP) is 4.61. The number of para-hydroxylation sites is 1. The van der Waals surface area contributed by atoms with E-state index in [9.17, 15) is 4.79 Å². The molecule has 0 aliphatic carbocycles. The zero-order valence-corrected chi connectivity index (χ0v) is 16.3. The molecule has 148 valence electrons. The van der Waals surface area contributed by atoms with Crippen molar-refractivity contribution in [1.29, 1.82) is 0 Å². The van der Waals surface area contributed by atoms with E-state index in [0.29, 0.717) is 22.8 Å². The number of hydrogen-bond donors (Lipinski definition) is 1. The molecular weight excluding hydrogens is 378 g/mol. The van der Waals surface area contributed by atoms with Crippen LogP contribution in [0, 0.1) is 0 Å². The summed E-state index contributed by atoms with van der Waals surface area (Å²) in [6, 6.07) is 20.3. The minimum absolute atomic E-state index is 0.298. The van der Waals surface area contributed by atoms with Crippen LogP contribution in [-0.4, -0.2) is 26.9 Å². The Morgan fingerprint density at radius 3 is 2.43 bits per heavy atom. The molecular formula is C23H19N5O2. The molecule has 0 saturated heterocycles. The van der Waals surface area contributed by atoms with Crippen LogP contribution in [0.2, 0.25) is 0 Å². The van der Waals surface area contributed by atoms with Gasteiger partial charge in [0.15, 0.2) is 5.69 Å². The number of ether oxygens (including phenoxy) is 1. The van der Waals surface area contributed by atoms with Gasteiger partial charge < -0.3 is 10.1 Å². The lowest BCUT2D eigenvalue weighted by Gasteiger charge is -2.09. The highest BCUT2D eigenvalue weighted by atomic mass is 16.5. The van der Waals surface area contributed by atoms with Crippen LogP contribution in [0.15, 0.2) is 90.3 Å². The largest absolute Gasteiger partial charge is 0.457 e. The van der Waals surface area contributed by atoms with Gasteiger partial charge in [0.1, 0.15) is 17.2 Å². The van der Waals surface area contributed by atoms with Crippen molar-refractivity contribution in [2.75, 3.05) is 5.32 Å². The minimum atomic E-state index is -0.298. The van der Waals surface area contributed by atoms with E-state index in [-0.39, 0.29) is 5.91 Å². The minimum Gasteiger partial charge on any atom is -0.457 e. The Morgan fingerprint density at radius 1 is 1.00 bits per heavy atom. The number of amides is 1. The maximum Gasteiger partial charge on any atom is 0.276 e. The van der Waals surface area contributed by atoms with Gasteiger partial charge in [-0.25, -0.2) is 0 Å². The summed E-state index contributed by atoms with van der Waals surface area (Å²) in [6.07, 6.45) is 6.60. The Kier molecular flexibility index (Phi) is 5.61. The summed E-state index contributed by atoms with van der Waals surface area (Å²) >= 11 is 0. The summed E-state index contributed by atoms with van der Waals surface area (Å²) < 4.78 is 7.27. The van der Waals surface area contributed by atoms with Crippen molar-refractivity contribution >= 4 is 23.5 Å². The molecule has 2 heterocycles. The van der Waals surface area contributed by atoms with E-state index >= 15 is 0 Å². The van der Waals surface area contributed by atoms with Gasteiger partial charge in [0.25, 0.3) is 5.91 Å². The van der Waals surface area contributed by atoms with Gasteiger partial charge in [0.2, 0.25) is 0 Å². The Hall–Kier alpha value is -4.26. The fraction of sp³-hybridized carbons (Fsp3) is 0.0435. The number of rotatable bonds is 6. The molecule has 0 aliphatic rings. The number of nitrogens with zero attached hydrogens (tertiary/aromatic N) is 4. The van der Waals surface area contributed by atoms with Crippen LogP contribution >= 0.6 is 0 Å². The summed E-state index contributed by atoms with van der Waals surface area (Å²) in [5.41, 5.74) is 2.38. The highest BCUT2D eigenvalue weighted by molar-refractivity contribution is 6.06. The lowest BCUT2D eigenvalue weighted by molar-refractivity contribution is 0.101. The molecule has 0 bridgehead atoms. The number of benzene rings is 2. The van der Waals surface area contributed by atoms with Crippen molar-refractivity contribution in [3.8, 4) is 11.5 Å². The van der Waals surface area contributed by atoms with Crippen LogP contribution in [0.25, 0.3) is 0 Å². The lowest BCUT2D eigenvalue weighted by atomic mass is 10.2. The maximum atomic E-state index is 12.8. The molecule has 0 radical (unpaired) electrons. The molecule has 2 aromatic carbocycles. The molecule has 1 N–H and O–H groups in total. The number of anilines is 1. The molecule has 30 heavy (non-hydrogen) atoms. The Balaban J connectivity index is 1.46. The molecule has 0 spiro atoms. The van der Waals surface area contributed by atoms with Gasteiger partial charge in [-0.05, 0) is 54.1 Å². The van der Waals surface area contributed by atoms with E-state index in [1.54, 1.807) is 56.1 Å². The predicted molar refractivity (Wildman–Crippen MR) is 116 cm³/mol. The highest BCUT2D eigenvalue weighted by Crippen LogP contribution is 2.24. The van der Waals surface area contributed by atoms with E-state index in [1.807, 2.05) is 42.5 Å². The molecule has 2 aromatic heterocycles. The van der Waals surface area contributed by atoms with Crippen molar-refractivity contribution in [1.82, 2.24) is 14.8 Å². The number of pyridine rings is 1. The smallest absolute Gasteiger partial charge is 0.276 e.